The molecule has 1 rings (SSSR count). The number of rotatable bonds is 15. The molecule has 0 fully saturated rings. The van der Waals surface area contributed by atoms with Crippen molar-refractivity contribution in [2.75, 3.05) is 7.11 Å². The van der Waals surface area contributed by atoms with E-state index in [-0.39, 0.29) is 12.1 Å². The van der Waals surface area contributed by atoms with E-state index < -0.39 is 0 Å². The van der Waals surface area contributed by atoms with Crippen LogP contribution in [0.2, 0.25) is 0 Å². The van der Waals surface area contributed by atoms with Gasteiger partial charge in [-0.25, -0.2) is 19.6 Å². The van der Waals surface area contributed by atoms with Gasteiger partial charge in [0.1, 0.15) is 5.75 Å². The average Bonchev–Trinajstić information content (AvgIpc) is 2.69. The number of aliphatic imine (C=N–C) groups is 2. The molecular formula is C22H30N2O3. The predicted molar refractivity (Wildman–Crippen MR) is 108 cm³/mol. The summed E-state index contributed by atoms with van der Waals surface area (Å²) in [5.41, 5.74) is 1.15. The molecule has 0 aliphatic carbocycles. The Labute approximate surface area is 162 Å². The molecular weight excluding hydrogens is 340 g/mol. The van der Waals surface area contributed by atoms with Crippen LogP contribution in [-0.2, 0) is 16.0 Å². The highest BCUT2D eigenvalue weighted by Crippen LogP contribution is 2.19. The van der Waals surface area contributed by atoms with E-state index in [2.05, 4.69) is 16.6 Å². The van der Waals surface area contributed by atoms with Crippen molar-refractivity contribution in [3.05, 3.63) is 42.5 Å². The number of hydrogen-bond acceptors (Lipinski definition) is 5. The Kier molecular flexibility index (Phi) is 12.3. The Bertz CT molecular complexity index is 629. The van der Waals surface area contributed by atoms with Gasteiger partial charge in [0.05, 0.1) is 19.2 Å². The van der Waals surface area contributed by atoms with Crippen molar-refractivity contribution in [3.8, 4) is 5.75 Å². The Morgan fingerprint density at radius 2 is 1.63 bits per heavy atom. The van der Waals surface area contributed by atoms with Gasteiger partial charge in [0.2, 0.25) is 12.2 Å². The van der Waals surface area contributed by atoms with Gasteiger partial charge in [-0.2, -0.15) is 0 Å². The molecule has 0 aliphatic rings. The van der Waals surface area contributed by atoms with Gasteiger partial charge in [-0.3, -0.25) is 0 Å². The average molecular weight is 370 g/mol. The third kappa shape index (κ3) is 10.3. The minimum Gasteiger partial charge on any atom is -0.497 e. The van der Waals surface area contributed by atoms with E-state index in [1.54, 1.807) is 19.3 Å². The van der Waals surface area contributed by atoms with Crippen LogP contribution < -0.4 is 4.74 Å². The van der Waals surface area contributed by atoms with Crippen LogP contribution in [-0.4, -0.2) is 31.4 Å². The van der Waals surface area contributed by atoms with E-state index in [4.69, 9.17) is 4.74 Å². The Morgan fingerprint density at radius 3 is 2.22 bits per heavy atom. The lowest BCUT2D eigenvalue weighted by atomic mass is 9.96. The number of allylic oxidation sites excluding steroid dienone is 1. The minimum absolute atomic E-state index is 0.139. The lowest BCUT2D eigenvalue weighted by molar-refractivity contribution is 0.414. The second-order valence-corrected chi connectivity index (χ2v) is 6.65. The first-order valence-electron chi connectivity index (χ1n) is 9.61. The van der Waals surface area contributed by atoms with E-state index in [0.717, 1.165) is 56.3 Å². The molecule has 0 spiro atoms. The number of benzene rings is 1. The maximum Gasteiger partial charge on any atom is 0.235 e. The minimum atomic E-state index is -0.188. The summed E-state index contributed by atoms with van der Waals surface area (Å²) < 4.78 is 5.16. The molecule has 0 heterocycles. The summed E-state index contributed by atoms with van der Waals surface area (Å²) in [5.74, 6) is 0.815. The summed E-state index contributed by atoms with van der Waals surface area (Å²) in [6.45, 7) is 3.72. The highest BCUT2D eigenvalue weighted by Gasteiger charge is 2.16. The molecule has 0 aromatic heterocycles. The molecule has 0 saturated carbocycles. The second kappa shape index (κ2) is 14.7. The first-order chi connectivity index (χ1) is 13.2. The van der Waals surface area contributed by atoms with E-state index in [1.165, 1.54) is 0 Å². The topological polar surface area (TPSA) is 68.1 Å². The Hall–Kier alpha value is -2.48. The number of nitrogens with zero attached hydrogens (tertiary/aromatic N) is 2. The molecule has 2 atom stereocenters. The molecule has 146 valence electrons. The zero-order chi connectivity index (χ0) is 19.7. The molecule has 0 N–H and O–H groups in total. The molecule has 0 bridgehead atoms. The van der Waals surface area contributed by atoms with Crippen molar-refractivity contribution < 1.29 is 14.3 Å². The van der Waals surface area contributed by atoms with Gasteiger partial charge in [-0.1, -0.05) is 37.5 Å². The first kappa shape index (κ1) is 22.6. The van der Waals surface area contributed by atoms with Crippen molar-refractivity contribution in [3.63, 3.8) is 0 Å². The molecule has 5 heteroatoms. The fraction of sp³-hybridized carbons (Fsp3) is 0.545. The Balaban J connectivity index is 2.50. The van der Waals surface area contributed by atoms with Crippen molar-refractivity contribution >= 4 is 12.2 Å². The van der Waals surface area contributed by atoms with E-state index >= 15 is 0 Å². The van der Waals surface area contributed by atoms with Crippen LogP contribution >= 0.6 is 0 Å². The lowest BCUT2D eigenvalue weighted by Gasteiger charge is -2.16. The summed E-state index contributed by atoms with van der Waals surface area (Å²) in [7, 11) is 1.64. The summed E-state index contributed by atoms with van der Waals surface area (Å²) in [4.78, 5) is 29.4. The third-order valence-corrected chi connectivity index (χ3v) is 4.64. The van der Waals surface area contributed by atoms with Gasteiger partial charge in [-0.05, 0) is 56.2 Å². The monoisotopic (exact) mass is 370 g/mol. The molecule has 0 aliphatic heterocycles. The van der Waals surface area contributed by atoms with Crippen LogP contribution in [0.15, 0.2) is 46.9 Å². The summed E-state index contributed by atoms with van der Waals surface area (Å²) in [5, 5.41) is 0. The van der Waals surface area contributed by atoms with Crippen LogP contribution in [0, 0.1) is 0 Å². The van der Waals surface area contributed by atoms with Gasteiger partial charge in [0, 0.05) is 0 Å². The van der Waals surface area contributed by atoms with Crippen LogP contribution in [0.25, 0.3) is 0 Å². The fourth-order valence-electron chi connectivity index (χ4n) is 3.08. The molecule has 1 aromatic carbocycles. The van der Waals surface area contributed by atoms with Crippen molar-refractivity contribution in [1.29, 1.82) is 0 Å². The van der Waals surface area contributed by atoms with Gasteiger partial charge in [0.25, 0.3) is 0 Å². The summed E-state index contributed by atoms with van der Waals surface area (Å²) in [6.07, 6.45) is 13.6. The largest absolute Gasteiger partial charge is 0.497 e. The van der Waals surface area contributed by atoms with Crippen molar-refractivity contribution in [2.24, 2.45) is 9.98 Å². The molecule has 27 heavy (non-hydrogen) atoms. The zero-order valence-corrected chi connectivity index (χ0v) is 16.2. The number of aryl methyl sites for hydroxylation is 1. The maximum absolute atomic E-state index is 10.8. The normalized spacial score (nSPS) is 12.3. The van der Waals surface area contributed by atoms with Gasteiger partial charge < -0.3 is 4.74 Å². The molecule has 2 unspecified atom stereocenters. The summed E-state index contributed by atoms with van der Waals surface area (Å²) >= 11 is 0. The second-order valence-electron chi connectivity index (χ2n) is 6.65. The van der Waals surface area contributed by atoms with Crippen LogP contribution in [0.3, 0.4) is 0 Å². The molecule has 1 aromatic rings. The van der Waals surface area contributed by atoms with Gasteiger partial charge in [-0.15, -0.1) is 6.58 Å². The number of hydrogen-bond donors (Lipinski definition) is 0. The smallest absolute Gasteiger partial charge is 0.235 e. The number of unbranched alkanes of at least 4 members (excludes halogenated alkanes) is 4. The standard InChI is InChI=1S/C22H30N2O3/c1-3-4-5-6-7-8-9-20(23-17-25)16-21(24-18-26)13-10-19-11-14-22(27-2)15-12-19/h3,11-12,14-15,20-21H,1,4-10,13,16H2,2H3. The highest BCUT2D eigenvalue weighted by atomic mass is 16.5. The molecule has 0 amide bonds. The van der Waals surface area contributed by atoms with Crippen LogP contribution in [0.1, 0.15) is 56.9 Å². The highest BCUT2D eigenvalue weighted by molar-refractivity contribution is 5.34. The van der Waals surface area contributed by atoms with Crippen LogP contribution in [0.4, 0.5) is 0 Å². The molecule has 5 nitrogen and oxygen atoms in total. The summed E-state index contributed by atoms with van der Waals surface area (Å²) in [6, 6.07) is 7.51. The quantitative estimate of drug-likeness (QED) is 0.190. The number of isocyanates is 2. The maximum atomic E-state index is 10.8. The van der Waals surface area contributed by atoms with E-state index in [0.29, 0.717) is 12.8 Å². The first-order valence-corrected chi connectivity index (χ1v) is 9.61. The van der Waals surface area contributed by atoms with Gasteiger partial charge >= 0.3 is 0 Å². The number of methoxy groups -OCH3 is 1. The number of carbonyl (C=O) groups excluding carboxylic acids is 2. The third-order valence-electron chi connectivity index (χ3n) is 4.64. The molecule has 0 radical (unpaired) electrons. The number of ether oxygens (including phenoxy) is 1. The predicted octanol–water partition coefficient (Wildman–Crippen LogP) is 4.95. The van der Waals surface area contributed by atoms with Crippen molar-refractivity contribution in [1.82, 2.24) is 0 Å². The lowest BCUT2D eigenvalue weighted by Crippen LogP contribution is -2.16. The zero-order valence-electron chi connectivity index (χ0n) is 16.2. The SMILES string of the molecule is C=CCCCCCCC(CC(CCc1ccc(OC)cc1)N=C=O)N=C=O. The fourth-order valence-corrected chi connectivity index (χ4v) is 3.08. The Morgan fingerprint density at radius 1 is 1.00 bits per heavy atom. The van der Waals surface area contributed by atoms with E-state index in [9.17, 15) is 9.59 Å². The van der Waals surface area contributed by atoms with Crippen molar-refractivity contribution in [2.45, 2.75) is 69.9 Å². The molecule has 0 saturated heterocycles. The van der Waals surface area contributed by atoms with Gasteiger partial charge in [0.15, 0.2) is 0 Å². The van der Waals surface area contributed by atoms with Crippen LogP contribution in [0.5, 0.6) is 5.75 Å². The van der Waals surface area contributed by atoms with E-state index in [1.807, 2.05) is 30.3 Å².